The van der Waals surface area contributed by atoms with Crippen molar-refractivity contribution in [2.45, 2.75) is 6.92 Å². The average Bonchev–Trinajstić information content (AvgIpc) is 2.32. The van der Waals surface area contributed by atoms with Crippen molar-refractivity contribution in [3.63, 3.8) is 0 Å². The quantitative estimate of drug-likeness (QED) is 0.756. The smallest absolute Gasteiger partial charge is 0.246 e. The molecule has 0 aliphatic rings. The van der Waals surface area contributed by atoms with Gasteiger partial charge in [-0.3, -0.25) is 4.79 Å². The van der Waals surface area contributed by atoms with E-state index in [0.29, 0.717) is 18.2 Å². The van der Waals surface area contributed by atoms with E-state index in [-0.39, 0.29) is 5.91 Å². The van der Waals surface area contributed by atoms with Crippen LogP contribution in [-0.2, 0) is 4.79 Å². The summed E-state index contributed by atoms with van der Waals surface area (Å²) < 4.78 is 5.48. The lowest BCUT2D eigenvalue weighted by atomic mass is 10.3. The molecule has 0 heterocycles. The first kappa shape index (κ1) is 13.6. The number of hydrogen-bond donors (Lipinski definition) is 0. The zero-order chi connectivity index (χ0) is 12.7. The molecule has 1 aromatic carbocycles. The molecule has 4 heteroatoms. The monoisotopic (exact) mass is 253 g/mol. The van der Waals surface area contributed by atoms with Gasteiger partial charge in [0, 0.05) is 12.1 Å². The number of likely N-dealkylation sites (N-methyl/N-ethyl adjacent to an activating group) is 1. The number of carbonyl (C=O) groups excluding carboxylic acids is 1. The topological polar surface area (TPSA) is 29.5 Å². The minimum Gasteiger partial charge on any atom is -0.492 e. The molecular formula is C13H16ClNO2. The number of hydrogen-bond acceptors (Lipinski definition) is 2. The Kier molecular flexibility index (Phi) is 5.57. The molecule has 1 aromatic rings. The molecule has 1 rings (SSSR count). The predicted molar refractivity (Wildman–Crippen MR) is 69.4 cm³/mol. The van der Waals surface area contributed by atoms with Crippen LogP contribution in [0.2, 0.25) is 5.02 Å². The van der Waals surface area contributed by atoms with Crippen LogP contribution in [0.5, 0.6) is 5.75 Å². The Hall–Kier alpha value is -1.48. The van der Waals surface area contributed by atoms with E-state index in [1.54, 1.807) is 42.3 Å². The molecule has 0 radical (unpaired) electrons. The maximum absolute atomic E-state index is 11.4. The van der Waals surface area contributed by atoms with Crippen molar-refractivity contribution in [1.82, 2.24) is 4.90 Å². The second-order valence-electron chi connectivity index (χ2n) is 3.56. The van der Waals surface area contributed by atoms with Crippen molar-refractivity contribution < 1.29 is 9.53 Å². The van der Waals surface area contributed by atoms with E-state index in [4.69, 9.17) is 16.3 Å². The average molecular weight is 254 g/mol. The van der Waals surface area contributed by atoms with Gasteiger partial charge in [0.1, 0.15) is 12.4 Å². The Labute approximate surface area is 107 Å². The summed E-state index contributed by atoms with van der Waals surface area (Å²) in [6.45, 7) is 2.82. The first-order valence-electron chi connectivity index (χ1n) is 5.39. The van der Waals surface area contributed by atoms with Gasteiger partial charge in [-0.05, 0) is 37.3 Å². The van der Waals surface area contributed by atoms with E-state index in [0.717, 1.165) is 5.75 Å². The van der Waals surface area contributed by atoms with Crippen molar-refractivity contribution in [1.29, 1.82) is 0 Å². The highest BCUT2D eigenvalue weighted by molar-refractivity contribution is 6.30. The Morgan fingerprint density at radius 3 is 2.65 bits per heavy atom. The largest absolute Gasteiger partial charge is 0.492 e. The molecule has 0 bridgehead atoms. The summed E-state index contributed by atoms with van der Waals surface area (Å²) in [5.74, 6) is 0.730. The number of rotatable bonds is 5. The van der Waals surface area contributed by atoms with Crippen LogP contribution >= 0.6 is 11.6 Å². The van der Waals surface area contributed by atoms with Crippen LogP contribution < -0.4 is 4.74 Å². The van der Waals surface area contributed by atoms with E-state index < -0.39 is 0 Å². The molecule has 0 aliphatic carbocycles. The van der Waals surface area contributed by atoms with Crippen molar-refractivity contribution in [3.05, 3.63) is 41.4 Å². The molecule has 3 nitrogen and oxygen atoms in total. The number of carbonyl (C=O) groups is 1. The lowest BCUT2D eigenvalue weighted by Crippen LogP contribution is -2.29. The van der Waals surface area contributed by atoms with E-state index >= 15 is 0 Å². The molecular weight excluding hydrogens is 238 g/mol. The minimum absolute atomic E-state index is 0.0211. The summed E-state index contributed by atoms with van der Waals surface area (Å²) >= 11 is 5.76. The number of benzene rings is 1. The highest BCUT2D eigenvalue weighted by atomic mass is 35.5. The fourth-order valence-corrected chi connectivity index (χ4v) is 1.34. The summed E-state index contributed by atoms with van der Waals surface area (Å²) in [7, 11) is 1.74. The van der Waals surface area contributed by atoms with Crippen LogP contribution in [0.4, 0.5) is 0 Å². The van der Waals surface area contributed by atoms with Gasteiger partial charge in [-0.1, -0.05) is 17.7 Å². The lowest BCUT2D eigenvalue weighted by Gasteiger charge is -2.15. The van der Waals surface area contributed by atoms with E-state index in [9.17, 15) is 4.79 Å². The van der Waals surface area contributed by atoms with Crippen molar-refractivity contribution in [2.24, 2.45) is 0 Å². The summed E-state index contributed by atoms with van der Waals surface area (Å²) in [6.07, 6.45) is 3.25. The van der Waals surface area contributed by atoms with Crippen LogP contribution in [0.1, 0.15) is 6.92 Å². The molecule has 0 spiro atoms. The Balaban J connectivity index is 2.32. The molecule has 92 valence electrons. The molecule has 0 saturated heterocycles. The summed E-state index contributed by atoms with van der Waals surface area (Å²) in [5.41, 5.74) is 0. The van der Waals surface area contributed by atoms with E-state index in [1.807, 2.05) is 6.92 Å². The van der Waals surface area contributed by atoms with Crippen molar-refractivity contribution >= 4 is 17.5 Å². The third-order valence-corrected chi connectivity index (χ3v) is 2.45. The number of allylic oxidation sites excluding steroid dienone is 1. The number of amides is 1. The molecule has 0 unspecified atom stereocenters. The zero-order valence-corrected chi connectivity index (χ0v) is 10.8. The summed E-state index contributed by atoms with van der Waals surface area (Å²) in [5, 5.41) is 0.678. The highest BCUT2D eigenvalue weighted by Crippen LogP contribution is 2.15. The fourth-order valence-electron chi connectivity index (χ4n) is 1.21. The molecule has 0 N–H and O–H groups in total. The van der Waals surface area contributed by atoms with Crippen LogP contribution in [0.15, 0.2) is 36.4 Å². The lowest BCUT2D eigenvalue weighted by molar-refractivity contribution is -0.125. The van der Waals surface area contributed by atoms with Crippen molar-refractivity contribution in [2.75, 3.05) is 20.2 Å². The molecule has 0 fully saturated rings. The maximum Gasteiger partial charge on any atom is 0.246 e. The van der Waals surface area contributed by atoms with Gasteiger partial charge in [-0.2, -0.15) is 0 Å². The third kappa shape index (κ3) is 4.91. The SMILES string of the molecule is CC=CC(=O)N(C)CCOc1ccc(Cl)cc1. The second-order valence-corrected chi connectivity index (χ2v) is 4.00. The van der Waals surface area contributed by atoms with Gasteiger partial charge in [0.25, 0.3) is 0 Å². The number of nitrogens with zero attached hydrogens (tertiary/aromatic N) is 1. The predicted octanol–water partition coefficient (Wildman–Crippen LogP) is 2.75. The van der Waals surface area contributed by atoms with Crippen LogP contribution in [-0.4, -0.2) is 31.0 Å². The molecule has 0 aliphatic heterocycles. The third-order valence-electron chi connectivity index (χ3n) is 2.19. The normalized spacial score (nSPS) is 10.5. The highest BCUT2D eigenvalue weighted by Gasteiger charge is 2.03. The molecule has 0 aromatic heterocycles. The van der Waals surface area contributed by atoms with Gasteiger partial charge in [0.15, 0.2) is 0 Å². The summed E-state index contributed by atoms with van der Waals surface area (Å²) in [4.78, 5) is 13.0. The van der Waals surface area contributed by atoms with Crippen LogP contribution in [0.3, 0.4) is 0 Å². The Bertz CT molecular complexity index is 387. The minimum atomic E-state index is -0.0211. The van der Waals surface area contributed by atoms with Gasteiger partial charge in [-0.15, -0.1) is 0 Å². The summed E-state index contributed by atoms with van der Waals surface area (Å²) in [6, 6.07) is 7.14. The first-order chi connectivity index (χ1) is 8.13. The maximum atomic E-state index is 11.4. The number of ether oxygens (including phenoxy) is 1. The second kappa shape index (κ2) is 6.97. The van der Waals surface area contributed by atoms with Gasteiger partial charge in [0.2, 0.25) is 5.91 Å². The van der Waals surface area contributed by atoms with E-state index in [2.05, 4.69) is 0 Å². The van der Waals surface area contributed by atoms with Gasteiger partial charge < -0.3 is 9.64 Å². The van der Waals surface area contributed by atoms with Crippen LogP contribution in [0.25, 0.3) is 0 Å². The zero-order valence-electron chi connectivity index (χ0n) is 10.0. The van der Waals surface area contributed by atoms with Gasteiger partial charge >= 0.3 is 0 Å². The van der Waals surface area contributed by atoms with Crippen LogP contribution in [0, 0.1) is 0 Å². The molecule has 0 saturated carbocycles. The molecule has 0 atom stereocenters. The first-order valence-corrected chi connectivity index (χ1v) is 5.77. The van der Waals surface area contributed by atoms with Gasteiger partial charge in [-0.25, -0.2) is 0 Å². The molecule has 17 heavy (non-hydrogen) atoms. The molecule has 1 amide bonds. The van der Waals surface area contributed by atoms with E-state index in [1.165, 1.54) is 6.08 Å². The Morgan fingerprint density at radius 2 is 2.06 bits per heavy atom. The van der Waals surface area contributed by atoms with Crippen molar-refractivity contribution in [3.8, 4) is 5.75 Å². The Morgan fingerprint density at radius 1 is 1.41 bits per heavy atom. The van der Waals surface area contributed by atoms with Gasteiger partial charge in [0.05, 0.1) is 6.54 Å². The standard InChI is InChI=1S/C13H16ClNO2/c1-3-4-13(16)15(2)9-10-17-12-7-5-11(14)6-8-12/h3-8H,9-10H2,1-2H3. The fraction of sp³-hybridized carbons (Fsp3) is 0.308. The number of halogens is 1.